The zero-order valence-electron chi connectivity index (χ0n) is 2.43. The van der Waals surface area contributed by atoms with E-state index in [-0.39, 0.29) is 27.7 Å². The summed E-state index contributed by atoms with van der Waals surface area (Å²) >= 11 is 0. The Kier molecular flexibility index (Phi) is 7.54. The Hall–Kier alpha value is 0.205. The molecule has 0 atom stereocenters. The molecule has 0 rings (SSSR count). The fraction of sp³-hybridized carbons (Fsp3) is 0. The van der Waals surface area contributed by atoms with Crippen molar-refractivity contribution in [3.05, 3.63) is 0 Å². The fourth-order valence-electron chi connectivity index (χ4n) is 0. The minimum absolute atomic E-state index is 0. The summed E-state index contributed by atoms with van der Waals surface area (Å²) < 4.78 is 0. The molecule has 24 valence electrons. The van der Waals surface area contributed by atoms with Crippen LogP contribution in [0.2, 0.25) is 0 Å². The van der Waals surface area contributed by atoms with Gasteiger partial charge in [0.25, 0.3) is 0 Å². The van der Waals surface area contributed by atoms with Crippen LogP contribution in [0.25, 0.3) is 0 Å². The molecule has 0 aromatic heterocycles. The van der Waals surface area contributed by atoms with Crippen LogP contribution in [-0.4, -0.2) is 6.16 Å². The van der Waals surface area contributed by atoms with Gasteiger partial charge in [0.1, 0.15) is 0 Å². The third-order valence-electron chi connectivity index (χ3n) is 0. The maximum atomic E-state index is 8.33. The van der Waals surface area contributed by atoms with Crippen molar-refractivity contribution in [2.45, 2.75) is 0 Å². The van der Waals surface area contributed by atoms with E-state index >= 15 is 0 Å². The van der Waals surface area contributed by atoms with E-state index in [0.717, 1.165) is 0 Å². The first-order valence-corrected chi connectivity index (χ1v) is 0.612. The Morgan fingerprint density at radius 2 is 1.40 bits per heavy atom. The predicted octanol–water partition coefficient (Wildman–Crippen LogP) is -2.45. The van der Waals surface area contributed by atoms with E-state index in [2.05, 4.69) is 0 Å². The van der Waals surface area contributed by atoms with Gasteiger partial charge in [0.05, 0.1) is 0 Å². The van der Waals surface area contributed by atoms with Crippen molar-refractivity contribution in [2.75, 3.05) is 0 Å². The van der Waals surface area contributed by atoms with Crippen LogP contribution in [0.1, 0.15) is 0 Å². The predicted molar refractivity (Wildman–Crippen MR) is 5.40 cm³/mol. The van der Waals surface area contributed by atoms with Crippen LogP contribution >= 0.6 is 0 Å². The van der Waals surface area contributed by atoms with Crippen molar-refractivity contribution in [3.8, 4) is 0 Å². The van der Waals surface area contributed by atoms with Gasteiger partial charge in [-0.25, -0.2) is 0 Å². The van der Waals surface area contributed by atoms with Gasteiger partial charge >= 0.3 is 27.7 Å². The first-order chi connectivity index (χ1) is 1.73. The summed E-state index contributed by atoms with van der Waals surface area (Å²) in [6.07, 6.45) is -2.33. The van der Waals surface area contributed by atoms with Gasteiger partial charge in [-0.1, -0.05) is 0 Å². The minimum Gasteiger partial charge on any atom is -0.652 e. The van der Waals surface area contributed by atoms with Crippen LogP contribution in [0.4, 0.5) is 4.79 Å². The standard InChI is InChI=1S/CH2O3.Hg/c2-1(3)4;/h(H2,2,3,4);/q;+2/p-2. The maximum absolute atomic E-state index is 8.33. The molecule has 0 heterocycles. The first kappa shape index (κ1) is 8.96. The second-order valence-corrected chi connectivity index (χ2v) is 0.250. The fourth-order valence-corrected chi connectivity index (χ4v) is 0. The quantitative estimate of drug-likeness (QED) is 0.454. The van der Waals surface area contributed by atoms with E-state index in [4.69, 9.17) is 15.0 Å². The number of hydrogen-bond acceptors (Lipinski definition) is 3. The van der Waals surface area contributed by atoms with Gasteiger partial charge in [-0.15, -0.1) is 0 Å². The molecule has 0 bridgehead atoms. The van der Waals surface area contributed by atoms with Crippen molar-refractivity contribution >= 4 is 6.16 Å². The number of carboxylic acid groups (broad SMARTS) is 2. The number of rotatable bonds is 0. The molecule has 0 aliphatic carbocycles. The van der Waals surface area contributed by atoms with Crippen LogP contribution in [-0.2, 0) is 27.7 Å². The molecule has 0 saturated carbocycles. The van der Waals surface area contributed by atoms with E-state index in [0.29, 0.717) is 0 Å². The largest absolute Gasteiger partial charge is 2.00 e. The Balaban J connectivity index is 0. The normalized spacial score (nSPS) is 4.80. The van der Waals surface area contributed by atoms with Gasteiger partial charge in [0.2, 0.25) is 0 Å². The summed E-state index contributed by atoms with van der Waals surface area (Å²) in [5.74, 6) is 0. The molecular formula is CHgO3. The van der Waals surface area contributed by atoms with E-state index in [9.17, 15) is 0 Å². The number of hydrogen-bond donors (Lipinski definition) is 0. The zero-order valence-corrected chi connectivity index (χ0v) is 7.93. The van der Waals surface area contributed by atoms with Crippen LogP contribution in [0.3, 0.4) is 0 Å². The van der Waals surface area contributed by atoms with Crippen molar-refractivity contribution in [1.29, 1.82) is 0 Å². The summed E-state index contributed by atoms with van der Waals surface area (Å²) in [5.41, 5.74) is 0. The molecule has 0 N–H and O–H groups in total. The zero-order chi connectivity index (χ0) is 3.58. The number of carbonyl (C=O) groups excluding carboxylic acids is 1. The molecule has 0 aromatic rings. The second-order valence-electron chi connectivity index (χ2n) is 0.250. The van der Waals surface area contributed by atoms with Gasteiger partial charge in [0, 0.05) is 0 Å². The van der Waals surface area contributed by atoms with Gasteiger partial charge in [-0.05, 0) is 6.16 Å². The smallest absolute Gasteiger partial charge is 0.652 e. The summed E-state index contributed by atoms with van der Waals surface area (Å²) in [5, 5.41) is 16.7. The molecular weight excluding hydrogens is 261 g/mol. The van der Waals surface area contributed by atoms with E-state index in [1.165, 1.54) is 0 Å². The van der Waals surface area contributed by atoms with Crippen molar-refractivity contribution in [2.24, 2.45) is 0 Å². The second kappa shape index (κ2) is 4.21. The van der Waals surface area contributed by atoms with Crippen molar-refractivity contribution < 1.29 is 42.7 Å². The minimum atomic E-state index is -2.33. The van der Waals surface area contributed by atoms with Crippen LogP contribution in [0.5, 0.6) is 0 Å². The molecule has 0 unspecified atom stereocenters. The Morgan fingerprint density at radius 1 is 1.40 bits per heavy atom. The van der Waals surface area contributed by atoms with Gasteiger partial charge in [0.15, 0.2) is 0 Å². The molecule has 0 radical (unpaired) electrons. The molecule has 0 aliphatic heterocycles. The topological polar surface area (TPSA) is 63.2 Å². The van der Waals surface area contributed by atoms with Crippen LogP contribution in [0, 0.1) is 0 Å². The van der Waals surface area contributed by atoms with Gasteiger partial charge < -0.3 is 15.0 Å². The third-order valence-corrected chi connectivity index (χ3v) is 0. The summed E-state index contributed by atoms with van der Waals surface area (Å²) in [4.78, 5) is 8.33. The molecule has 0 aromatic carbocycles. The number of carbonyl (C=O) groups is 1. The average molecular weight is 261 g/mol. The maximum Gasteiger partial charge on any atom is 2.00 e. The Morgan fingerprint density at radius 3 is 1.40 bits per heavy atom. The molecule has 5 heavy (non-hydrogen) atoms. The SMILES string of the molecule is O=C([O-])[O-].[Hg+2]. The average Bonchev–Trinajstić information content (AvgIpc) is 0.811. The Labute approximate surface area is 49.1 Å². The molecule has 0 fully saturated rings. The molecule has 0 amide bonds. The van der Waals surface area contributed by atoms with Gasteiger partial charge in [-0.2, -0.15) is 0 Å². The molecule has 0 spiro atoms. The molecule has 0 aliphatic rings. The monoisotopic (exact) mass is 262 g/mol. The first-order valence-electron chi connectivity index (χ1n) is 0.612. The molecule has 4 heteroatoms. The van der Waals surface area contributed by atoms with E-state index < -0.39 is 6.16 Å². The summed E-state index contributed by atoms with van der Waals surface area (Å²) in [6, 6.07) is 0. The van der Waals surface area contributed by atoms with E-state index in [1.54, 1.807) is 0 Å². The van der Waals surface area contributed by atoms with Crippen molar-refractivity contribution in [1.82, 2.24) is 0 Å². The van der Waals surface area contributed by atoms with Crippen LogP contribution in [0.15, 0.2) is 0 Å². The van der Waals surface area contributed by atoms with Crippen LogP contribution < -0.4 is 10.2 Å². The molecule has 3 nitrogen and oxygen atoms in total. The molecule has 0 saturated heterocycles. The van der Waals surface area contributed by atoms with E-state index in [1.807, 2.05) is 0 Å². The Bertz CT molecular complexity index is 29.9. The summed E-state index contributed by atoms with van der Waals surface area (Å²) in [6.45, 7) is 0. The van der Waals surface area contributed by atoms with Crippen molar-refractivity contribution in [3.63, 3.8) is 0 Å². The van der Waals surface area contributed by atoms with Gasteiger partial charge in [-0.3, -0.25) is 0 Å². The third kappa shape index (κ3) is 486. The summed E-state index contributed by atoms with van der Waals surface area (Å²) in [7, 11) is 0.